The average Bonchev–Trinajstić information content (AvgIpc) is 2.38. The van der Waals surface area contributed by atoms with Crippen molar-refractivity contribution in [3.63, 3.8) is 0 Å². The van der Waals surface area contributed by atoms with Crippen LogP contribution in [0.25, 0.3) is 0 Å². The number of piperidine rings is 1. The molecule has 1 aromatic heterocycles. The van der Waals surface area contributed by atoms with E-state index >= 15 is 0 Å². The molecule has 2 heterocycles. The van der Waals surface area contributed by atoms with Crippen molar-refractivity contribution in [2.45, 2.75) is 33.1 Å². The van der Waals surface area contributed by atoms with Gasteiger partial charge in [0.15, 0.2) is 0 Å². The van der Waals surface area contributed by atoms with Crippen LogP contribution < -0.4 is 10.6 Å². The lowest BCUT2D eigenvalue weighted by Crippen LogP contribution is -2.36. The predicted octanol–water partition coefficient (Wildman–Crippen LogP) is 2.05. The number of anilines is 1. The van der Waals surface area contributed by atoms with E-state index in [0.29, 0.717) is 10.7 Å². The number of hydrogen-bond acceptors (Lipinski definition) is 4. The number of aryl methyl sites for hydroxylation is 1. The van der Waals surface area contributed by atoms with Gasteiger partial charge in [0.2, 0.25) is 5.95 Å². The molecule has 5 heteroatoms. The van der Waals surface area contributed by atoms with E-state index in [0.717, 1.165) is 30.6 Å². The van der Waals surface area contributed by atoms with Crippen LogP contribution in [0.4, 0.5) is 5.95 Å². The average molecular weight is 264 g/mol. The summed E-state index contributed by atoms with van der Waals surface area (Å²) in [6.07, 6.45) is 3.73. The Bertz CT molecular complexity index is 447. The number of thiocarbonyl (C=S) groups is 1. The molecule has 4 nitrogen and oxygen atoms in total. The summed E-state index contributed by atoms with van der Waals surface area (Å²) in [7, 11) is 0. The van der Waals surface area contributed by atoms with Crippen molar-refractivity contribution in [3.8, 4) is 0 Å². The van der Waals surface area contributed by atoms with Crippen LogP contribution in [-0.2, 0) is 0 Å². The van der Waals surface area contributed by atoms with Crippen LogP contribution in [0.15, 0.2) is 6.07 Å². The third-order valence-electron chi connectivity index (χ3n) is 3.47. The van der Waals surface area contributed by atoms with E-state index in [1.165, 1.54) is 19.3 Å². The summed E-state index contributed by atoms with van der Waals surface area (Å²) < 4.78 is 0. The zero-order valence-corrected chi connectivity index (χ0v) is 11.8. The van der Waals surface area contributed by atoms with Gasteiger partial charge in [-0.05, 0) is 31.7 Å². The smallest absolute Gasteiger partial charge is 0.226 e. The van der Waals surface area contributed by atoms with Gasteiger partial charge in [0, 0.05) is 18.8 Å². The lowest BCUT2D eigenvalue weighted by Gasteiger charge is -2.32. The third-order valence-corrected chi connectivity index (χ3v) is 3.68. The minimum Gasteiger partial charge on any atom is -0.388 e. The van der Waals surface area contributed by atoms with E-state index in [9.17, 15) is 0 Å². The Morgan fingerprint density at radius 3 is 3.00 bits per heavy atom. The molecule has 1 aliphatic rings. The highest BCUT2D eigenvalue weighted by Gasteiger charge is 2.21. The molecule has 0 radical (unpaired) electrons. The van der Waals surface area contributed by atoms with Gasteiger partial charge in [-0.15, -0.1) is 0 Å². The van der Waals surface area contributed by atoms with Gasteiger partial charge in [0.05, 0.1) is 0 Å². The van der Waals surface area contributed by atoms with Crippen molar-refractivity contribution in [1.82, 2.24) is 9.97 Å². The number of nitrogens with zero attached hydrogens (tertiary/aromatic N) is 3. The molecule has 0 spiro atoms. The monoisotopic (exact) mass is 264 g/mol. The summed E-state index contributed by atoms with van der Waals surface area (Å²) >= 11 is 5.00. The van der Waals surface area contributed by atoms with Gasteiger partial charge in [-0.2, -0.15) is 0 Å². The van der Waals surface area contributed by atoms with Crippen molar-refractivity contribution in [2.75, 3.05) is 18.0 Å². The SMILES string of the molecule is CCC1CCCN(c2nc(C)cc(C(N)=S)n2)C1. The summed E-state index contributed by atoms with van der Waals surface area (Å²) in [6, 6.07) is 1.84. The Balaban J connectivity index is 2.24. The summed E-state index contributed by atoms with van der Waals surface area (Å²) in [4.78, 5) is 11.6. The van der Waals surface area contributed by atoms with Crippen LogP contribution in [-0.4, -0.2) is 28.0 Å². The summed E-state index contributed by atoms with van der Waals surface area (Å²) in [6.45, 7) is 6.26. The van der Waals surface area contributed by atoms with Crippen molar-refractivity contribution < 1.29 is 0 Å². The molecule has 0 aliphatic carbocycles. The highest BCUT2D eigenvalue weighted by atomic mass is 32.1. The van der Waals surface area contributed by atoms with Gasteiger partial charge in [-0.25, -0.2) is 9.97 Å². The van der Waals surface area contributed by atoms with Crippen LogP contribution in [0, 0.1) is 12.8 Å². The van der Waals surface area contributed by atoms with Gasteiger partial charge in [0.25, 0.3) is 0 Å². The van der Waals surface area contributed by atoms with E-state index in [1.54, 1.807) is 0 Å². The number of aromatic nitrogens is 2. The van der Waals surface area contributed by atoms with E-state index in [2.05, 4.69) is 21.8 Å². The van der Waals surface area contributed by atoms with Gasteiger partial charge < -0.3 is 10.6 Å². The molecule has 0 amide bonds. The molecule has 1 aliphatic heterocycles. The summed E-state index contributed by atoms with van der Waals surface area (Å²) in [5.41, 5.74) is 7.25. The summed E-state index contributed by atoms with van der Waals surface area (Å²) in [5, 5.41) is 0. The Morgan fingerprint density at radius 2 is 2.33 bits per heavy atom. The Hall–Kier alpha value is -1.23. The lowest BCUT2D eigenvalue weighted by molar-refractivity contribution is 0.401. The molecule has 18 heavy (non-hydrogen) atoms. The van der Waals surface area contributed by atoms with Crippen LogP contribution in [0.3, 0.4) is 0 Å². The van der Waals surface area contributed by atoms with Crippen molar-refractivity contribution in [1.29, 1.82) is 0 Å². The topological polar surface area (TPSA) is 55.0 Å². The van der Waals surface area contributed by atoms with Crippen molar-refractivity contribution in [3.05, 3.63) is 17.5 Å². The predicted molar refractivity (Wildman–Crippen MR) is 77.9 cm³/mol. The largest absolute Gasteiger partial charge is 0.388 e. The van der Waals surface area contributed by atoms with Gasteiger partial charge in [0.1, 0.15) is 10.7 Å². The first-order valence-electron chi connectivity index (χ1n) is 6.50. The number of nitrogens with two attached hydrogens (primary N) is 1. The minimum absolute atomic E-state index is 0.339. The maximum atomic E-state index is 5.66. The van der Waals surface area contributed by atoms with Crippen LogP contribution >= 0.6 is 12.2 Å². The van der Waals surface area contributed by atoms with E-state index in [4.69, 9.17) is 18.0 Å². The van der Waals surface area contributed by atoms with Gasteiger partial charge >= 0.3 is 0 Å². The van der Waals surface area contributed by atoms with Gasteiger partial charge in [-0.3, -0.25) is 0 Å². The maximum absolute atomic E-state index is 5.66. The molecule has 0 aromatic carbocycles. The molecular formula is C13H20N4S. The first kappa shape index (κ1) is 13.2. The zero-order chi connectivity index (χ0) is 13.1. The van der Waals surface area contributed by atoms with Crippen LogP contribution in [0.2, 0.25) is 0 Å². The van der Waals surface area contributed by atoms with Crippen LogP contribution in [0.1, 0.15) is 37.6 Å². The molecule has 1 saturated heterocycles. The Labute approximate surface area is 114 Å². The highest BCUT2D eigenvalue weighted by molar-refractivity contribution is 7.80. The normalized spacial score (nSPS) is 19.9. The fraction of sp³-hybridized carbons (Fsp3) is 0.615. The second-order valence-electron chi connectivity index (χ2n) is 4.92. The first-order chi connectivity index (χ1) is 8.60. The number of rotatable bonds is 3. The van der Waals surface area contributed by atoms with Gasteiger partial charge in [-0.1, -0.05) is 25.6 Å². The standard InChI is InChI=1S/C13H20N4S/c1-3-10-5-4-6-17(8-10)13-15-9(2)7-11(16-13)12(14)18/h7,10H,3-6,8H2,1-2H3,(H2,14,18). The van der Waals surface area contributed by atoms with E-state index in [-0.39, 0.29) is 0 Å². The second kappa shape index (κ2) is 5.61. The third kappa shape index (κ3) is 2.96. The molecule has 1 aromatic rings. The quantitative estimate of drug-likeness (QED) is 0.847. The van der Waals surface area contributed by atoms with E-state index in [1.807, 2.05) is 13.0 Å². The molecule has 1 atom stereocenters. The van der Waals surface area contributed by atoms with Crippen molar-refractivity contribution in [2.24, 2.45) is 11.7 Å². The zero-order valence-electron chi connectivity index (χ0n) is 11.0. The number of hydrogen-bond donors (Lipinski definition) is 1. The maximum Gasteiger partial charge on any atom is 0.226 e. The molecule has 98 valence electrons. The molecule has 2 rings (SSSR count). The fourth-order valence-electron chi connectivity index (χ4n) is 2.40. The Kier molecular flexibility index (Phi) is 4.11. The molecule has 2 N–H and O–H groups in total. The lowest BCUT2D eigenvalue weighted by atomic mass is 9.96. The molecular weight excluding hydrogens is 244 g/mol. The minimum atomic E-state index is 0.339. The van der Waals surface area contributed by atoms with Crippen molar-refractivity contribution >= 4 is 23.2 Å². The highest BCUT2D eigenvalue weighted by Crippen LogP contribution is 2.22. The first-order valence-corrected chi connectivity index (χ1v) is 6.91. The molecule has 1 fully saturated rings. The summed E-state index contributed by atoms with van der Waals surface area (Å²) in [5.74, 6) is 1.52. The van der Waals surface area contributed by atoms with E-state index < -0.39 is 0 Å². The second-order valence-corrected chi connectivity index (χ2v) is 5.36. The molecule has 0 bridgehead atoms. The van der Waals surface area contributed by atoms with Crippen LogP contribution in [0.5, 0.6) is 0 Å². The fourth-order valence-corrected chi connectivity index (χ4v) is 2.51. The molecule has 1 unspecified atom stereocenters. The molecule has 0 saturated carbocycles. The Morgan fingerprint density at radius 1 is 1.56 bits per heavy atom.